The van der Waals surface area contributed by atoms with Crippen molar-refractivity contribution in [2.45, 2.75) is 31.1 Å². The zero-order valence-electron chi connectivity index (χ0n) is 17.1. The van der Waals surface area contributed by atoms with Gasteiger partial charge in [-0.15, -0.1) is 0 Å². The normalized spacial score (nSPS) is 12.2. The maximum absolute atomic E-state index is 12.9. The molecule has 5 heteroatoms. The Hall–Kier alpha value is -3.05. The van der Waals surface area contributed by atoms with E-state index < -0.39 is 16.8 Å². The minimum Gasteiger partial charge on any atom is -0.480 e. The molecule has 30 heavy (non-hydrogen) atoms. The Morgan fingerprint density at radius 3 is 1.50 bits per heavy atom. The molecule has 154 valence electrons. The monoisotopic (exact) mass is 419 g/mol. The fourth-order valence-corrected chi connectivity index (χ4v) is 4.93. The average molecular weight is 420 g/mol. The third-order valence-electron chi connectivity index (χ3n) is 5.03. The van der Waals surface area contributed by atoms with Crippen LogP contribution in [0.25, 0.3) is 0 Å². The molecule has 1 amide bonds. The molecule has 0 radical (unpaired) electrons. The molecule has 0 saturated heterocycles. The van der Waals surface area contributed by atoms with Gasteiger partial charge in [0.1, 0.15) is 10.8 Å². The second-order valence-corrected chi connectivity index (χ2v) is 8.15. The molecule has 4 nitrogen and oxygen atoms in total. The molecule has 0 fully saturated rings. The van der Waals surface area contributed by atoms with Crippen molar-refractivity contribution < 1.29 is 14.7 Å². The van der Waals surface area contributed by atoms with Crippen molar-refractivity contribution in [1.29, 1.82) is 0 Å². The highest BCUT2D eigenvalue weighted by Crippen LogP contribution is 2.50. The molecule has 1 atom stereocenters. The lowest BCUT2D eigenvalue weighted by Gasteiger charge is -2.40. The van der Waals surface area contributed by atoms with Crippen LogP contribution in [0.5, 0.6) is 0 Å². The topological polar surface area (TPSA) is 57.6 Å². The minimum absolute atomic E-state index is 0.220. The van der Waals surface area contributed by atoms with Gasteiger partial charge in [-0.3, -0.25) is 9.10 Å². The van der Waals surface area contributed by atoms with E-state index in [9.17, 15) is 14.7 Å². The molecule has 0 aromatic heterocycles. The second kappa shape index (κ2) is 9.63. The van der Waals surface area contributed by atoms with Crippen molar-refractivity contribution in [2.75, 3.05) is 0 Å². The summed E-state index contributed by atoms with van der Waals surface area (Å²) in [4.78, 5) is 24.7. The van der Waals surface area contributed by atoms with Crippen molar-refractivity contribution >= 4 is 23.8 Å². The fourth-order valence-electron chi connectivity index (χ4n) is 3.43. The predicted octanol–water partition coefficient (Wildman–Crippen LogP) is 5.34. The van der Waals surface area contributed by atoms with E-state index in [2.05, 4.69) is 0 Å². The summed E-state index contributed by atoms with van der Waals surface area (Å²) in [6.45, 7) is 3.30. The lowest BCUT2D eigenvalue weighted by atomic mass is 9.84. The summed E-state index contributed by atoms with van der Waals surface area (Å²) in [7, 11) is 0. The van der Waals surface area contributed by atoms with Crippen LogP contribution in [0.4, 0.5) is 0 Å². The zero-order valence-corrected chi connectivity index (χ0v) is 17.9. The Bertz CT molecular complexity index is 880. The average Bonchev–Trinajstić information content (AvgIpc) is 2.81. The van der Waals surface area contributed by atoms with Gasteiger partial charge >= 0.3 is 5.97 Å². The van der Waals surface area contributed by atoms with E-state index >= 15 is 0 Å². The number of carboxylic acids is 1. The summed E-state index contributed by atoms with van der Waals surface area (Å²) < 4.78 is 0.619. The standard InChI is InChI=1S/C25H25NO3S/c1-3-23(27)26(19(2)24(28)29)30-25(20-13-7-4-8-14-20,21-15-9-5-10-16-21)22-17-11-6-12-18-22/h4-19H,3H2,1-2H3,(H,28,29)/t19-/m0/s1. The van der Waals surface area contributed by atoms with Gasteiger partial charge in [0.2, 0.25) is 5.91 Å². The number of amides is 1. The number of nitrogens with zero attached hydrogens (tertiary/aromatic N) is 1. The number of carboxylic acid groups (broad SMARTS) is 1. The zero-order chi connectivity index (χ0) is 21.6. The van der Waals surface area contributed by atoms with Crippen LogP contribution in [-0.2, 0) is 14.3 Å². The first-order valence-corrected chi connectivity index (χ1v) is 10.7. The van der Waals surface area contributed by atoms with Gasteiger partial charge in [0, 0.05) is 6.42 Å². The van der Waals surface area contributed by atoms with Crippen LogP contribution in [0.1, 0.15) is 37.0 Å². The molecule has 3 aromatic rings. The summed E-state index contributed by atoms with van der Waals surface area (Å²) >= 11 is 1.27. The van der Waals surface area contributed by atoms with E-state index in [0.29, 0.717) is 0 Å². The van der Waals surface area contributed by atoms with E-state index in [1.54, 1.807) is 13.8 Å². The maximum Gasteiger partial charge on any atom is 0.327 e. The summed E-state index contributed by atoms with van der Waals surface area (Å²) in [5.74, 6) is -1.26. The van der Waals surface area contributed by atoms with Gasteiger partial charge in [0.05, 0.1) is 0 Å². The van der Waals surface area contributed by atoms with Crippen LogP contribution >= 0.6 is 11.9 Å². The molecular weight excluding hydrogens is 394 g/mol. The molecule has 0 aliphatic carbocycles. The van der Waals surface area contributed by atoms with E-state index in [-0.39, 0.29) is 12.3 Å². The van der Waals surface area contributed by atoms with Crippen molar-refractivity contribution in [3.63, 3.8) is 0 Å². The predicted molar refractivity (Wildman–Crippen MR) is 121 cm³/mol. The largest absolute Gasteiger partial charge is 0.480 e. The highest BCUT2D eigenvalue weighted by Gasteiger charge is 2.42. The van der Waals surface area contributed by atoms with E-state index in [1.165, 1.54) is 16.3 Å². The molecule has 3 aromatic carbocycles. The van der Waals surface area contributed by atoms with Crippen LogP contribution in [0, 0.1) is 0 Å². The smallest absolute Gasteiger partial charge is 0.327 e. The minimum atomic E-state index is -1.03. The Morgan fingerprint density at radius 1 is 0.833 bits per heavy atom. The number of hydrogen-bond acceptors (Lipinski definition) is 3. The van der Waals surface area contributed by atoms with E-state index in [4.69, 9.17) is 0 Å². The molecule has 3 rings (SSSR count). The SMILES string of the molecule is CCC(=O)N(SC(c1ccccc1)(c1ccccc1)c1ccccc1)[C@@H](C)C(=O)O. The van der Waals surface area contributed by atoms with Crippen molar-refractivity contribution in [1.82, 2.24) is 4.31 Å². The lowest BCUT2D eigenvalue weighted by molar-refractivity contribution is -0.144. The highest BCUT2D eigenvalue weighted by molar-refractivity contribution is 7.98. The van der Waals surface area contributed by atoms with Gasteiger partial charge in [-0.05, 0) is 35.6 Å². The lowest BCUT2D eigenvalue weighted by Crippen LogP contribution is -2.42. The summed E-state index contributed by atoms with van der Waals surface area (Å²) in [5.41, 5.74) is 2.91. The van der Waals surface area contributed by atoms with Gasteiger partial charge < -0.3 is 5.11 Å². The third-order valence-corrected chi connectivity index (χ3v) is 6.73. The highest BCUT2D eigenvalue weighted by atomic mass is 32.2. The number of hydrogen-bond donors (Lipinski definition) is 1. The summed E-state index contributed by atoms with van der Waals surface area (Å²) in [5, 5.41) is 9.70. The van der Waals surface area contributed by atoms with Crippen LogP contribution in [0.2, 0.25) is 0 Å². The van der Waals surface area contributed by atoms with Crippen LogP contribution in [0.15, 0.2) is 91.0 Å². The number of rotatable bonds is 8. The molecule has 0 aliphatic heterocycles. The molecule has 0 spiro atoms. The number of carbonyl (C=O) groups is 2. The van der Waals surface area contributed by atoms with Crippen molar-refractivity contribution in [2.24, 2.45) is 0 Å². The molecule has 0 heterocycles. The summed E-state index contributed by atoms with van der Waals surface area (Å²) in [6.07, 6.45) is 0.221. The van der Waals surface area contributed by atoms with Crippen LogP contribution < -0.4 is 0 Å². The molecular formula is C25H25NO3S. The van der Waals surface area contributed by atoms with Gasteiger partial charge in [-0.2, -0.15) is 0 Å². The Balaban J connectivity index is 2.30. The number of carbonyl (C=O) groups excluding carboxylic acids is 1. The molecule has 1 N–H and O–H groups in total. The molecule has 0 saturated carbocycles. The first-order valence-electron chi connectivity index (χ1n) is 9.91. The summed E-state index contributed by atoms with van der Waals surface area (Å²) in [6, 6.07) is 28.8. The third kappa shape index (κ3) is 4.26. The first-order chi connectivity index (χ1) is 14.5. The van der Waals surface area contributed by atoms with E-state index in [1.807, 2.05) is 91.0 Å². The van der Waals surface area contributed by atoms with Gasteiger partial charge in [0.25, 0.3) is 0 Å². The van der Waals surface area contributed by atoms with E-state index in [0.717, 1.165) is 16.7 Å². The quantitative estimate of drug-likeness (QED) is 0.396. The molecule has 0 bridgehead atoms. The second-order valence-electron chi connectivity index (χ2n) is 6.96. The van der Waals surface area contributed by atoms with Gasteiger partial charge in [0.15, 0.2) is 0 Å². The van der Waals surface area contributed by atoms with Crippen molar-refractivity contribution in [3.8, 4) is 0 Å². The maximum atomic E-state index is 12.9. The fraction of sp³-hybridized carbons (Fsp3) is 0.200. The molecule has 0 unspecified atom stereocenters. The van der Waals surface area contributed by atoms with Gasteiger partial charge in [-0.25, -0.2) is 4.79 Å². The van der Waals surface area contributed by atoms with Gasteiger partial charge in [-0.1, -0.05) is 97.9 Å². The Kier molecular flexibility index (Phi) is 6.95. The Labute approximate surface area is 181 Å². The first kappa shape index (κ1) is 21.7. The van der Waals surface area contributed by atoms with Crippen LogP contribution in [0.3, 0.4) is 0 Å². The van der Waals surface area contributed by atoms with Crippen molar-refractivity contribution in [3.05, 3.63) is 108 Å². The Morgan fingerprint density at radius 2 is 1.20 bits per heavy atom. The van der Waals surface area contributed by atoms with Crippen LogP contribution in [-0.4, -0.2) is 27.3 Å². The number of benzene rings is 3. The number of aliphatic carboxylic acids is 1. The molecule has 0 aliphatic rings.